The Balaban J connectivity index is 2.43. The van der Waals surface area contributed by atoms with E-state index in [1.54, 1.807) is 6.08 Å². The lowest BCUT2D eigenvalue weighted by Crippen LogP contribution is -2.30. The Bertz CT molecular complexity index is 342. The molecule has 0 saturated carbocycles. The van der Waals surface area contributed by atoms with Crippen LogP contribution in [0.4, 0.5) is 4.79 Å². The van der Waals surface area contributed by atoms with Crippen molar-refractivity contribution in [1.82, 2.24) is 5.32 Å². The van der Waals surface area contributed by atoms with E-state index < -0.39 is 17.6 Å². The Hall–Kier alpha value is -1.91. The van der Waals surface area contributed by atoms with Crippen LogP contribution in [0.25, 0.3) is 0 Å². The Morgan fingerprint density at radius 2 is 2.00 bits per heavy atom. The number of nitrogens with two attached hydrogens (primary N) is 1. The smallest absolute Gasteiger partial charge is 0.312 e. The number of nitrogens with one attached hydrogen (secondary N) is 1. The van der Waals surface area contributed by atoms with Crippen LogP contribution < -0.4 is 11.1 Å². The van der Waals surface area contributed by atoms with Crippen LogP contribution in [0.3, 0.4) is 0 Å². The molecule has 0 unspecified atom stereocenters. The molecule has 0 aromatic carbocycles. The number of primary amides is 1. The zero-order valence-electron chi connectivity index (χ0n) is 7.45. The third-order valence-corrected chi connectivity index (χ3v) is 1.72. The molecule has 0 aromatic heterocycles. The first-order chi connectivity index (χ1) is 6.59. The maximum absolute atomic E-state index is 10.9. The molecule has 0 aromatic rings. The number of hydrogen-bond acceptors (Lipinski definition) is 3. The Morgan fingerprint density at radius 3 is 2.57 bits per heavy atom. The molecule has 5 nitrogen and oxygen atoms in total. The molecule has 0 fully saturated rings. The van der Waals surface area contributed by atoms with Gasteiger partial charge in [-0.25, -0.2) is 4.79 Å². The van der Waals surface area contributed by atoms with E-state index in [2.05, 4.69) is 5.32 Å². The SMILES string of the molecule is NC(=O)NCCC1=CC(=O)C(=O)C=C1. The average Bonchev–Trinajstić information content (AvgIpc) is 2.10. The molecule has 0 heterocycles. The van der Waals surface area contributed by atoms with E-state index >= 15 is 0 Å². The molecule has 2 amide bonds. The van der Waals surface area contributed by atoms with Gasteiger partial charge < -0.3 is 11.1 Å². The summed E-state index contributed by atoms with van der Waals surface area (Å²) in [4.78, 5) is 32.0. The molecular weight excluding hydrogens is 184 g/mol. The van der Waals surface area contributed by atoms with Crippen molar-refractivity contribution in [2.45, 2.75) is 6.42 Å². The van der Waals surface area contributed by atoms with Crippen molar-refractivity contribution >= 4 is 17.6 Å². The molecule has 0 aliphatic heterocycles. The molecule has 1 aliphatic rings. The summed E-state index contributed by atoms with van der Waals surface area (Å²) in [6.07, 6.45) is 4.54. The first-order valence-electron chi connectivity index (χ1n) is 4.10. The molecule has 0 saturated heterocycles. The number of carbonyl (C=O) groups is 3. The van der Waals surface area contributed by atoms with Crippen LogP contribution >= 0.6 is 0 Å². The van der Waals surface area contributed by atoms with Gasteiger partial charge >= 0.3 is 6.03 Å². The Kier molecular flexibility index (Phi) is 3.17. The molecule has 14 heavy (non-hydrogen) atoms. The van der Waals surface area contributed by atoms with E-state index in [0.717, 1.165) is 0 Å². The maximum atomic E-state index is 10.9. The van der Waals surface area contributed by atoms with Gasteiger partial charge in [0.05, 0.1) is 0 Å². The third kappa shape index (κ3) is 2.85. The third-order valence-electron chi connectivity index (χ3n) is 1.72. The van der Waals surface area contributed by atoms with E-state index in [0.29, 0.717) is 18.5 Å². The number of ketones is 2. The molecule has 1 rings (SSSR count). The number of allylic oxidation sites excluding steroid dienone is 3. The highest BCUT2D eigenvalue weighted by atomic mass is 16.2. The van der Waals surface area contributed by atoms with Gasteiger partial charge in [0.2, 0.25) is 11.6 Å². The zero-order valence-corrected chi connectivity index (χ0v) is 7.45. The number of urea groups is 1. The highest BCUT2D eigenvalue weighted by molar-refractivity contribution is 6.46. The van der Waals surface area contributed by atoms with Crippen molar-refractivity contribution < 1.29 is 14.4 Å². The van der Waals surface area contributed by atoms with Gasteiger partial charge in [0.15, 0.2) is 0 Å². The predicted octanol–water partition coefficient (Wildman–Crippen LogP) is -0.321. The van der Waals surface area contributed by atoms with Crippen LogP contribution in [0, 0.1) is 0 Å². The number of amides is 2. The topological polar surface area (TPSA) is 89.3 Å². The second-order valence-electron chi connectivity index (χ2n) is 2.82. The fraction of sp³-hybridized carbons (Fsp3) is 0.222. The molecule has 3 N–H and O–H groups in total. The maximum Gasteiger partial charge on any atom is 0.312 e. The molecular formula is C9H10N2O3. The van der Waals surface area contributed by atoms with Crippen LogP contribution in [-0.4, -0.2) is 24.1 Å². The summed E-state index contributed by atoms with van der Waals surface area (Å²) in [7, 11) is 0. The molecule has 0 radical (unpaired) electrons. The van der Waals surface area contributed by atoms with Crippen LogP contribution in [0.5, 0.6) is 0 Å². The fourth-order valence-corrected chi connectivity index (χ4v) is 1.04. The van der Waals surface area contributed by atoms with Crippen molar-refractivity contribution in [1.29, 1.82) is 0 Å². The first-order valence-corrected chi connectivity index (χ1v) is 4.10. The first kappa shape index (κ1) is 10.2. The minimum atomic E-state index is -0.604. The second-order valence-corrected chi connectivity index (χ2v) is 2.82. The summed E-state index contributed by atoms with van der Waals surface area (Å²) in [5.74, 6) is -1.04. The lowest BCUT2D eigenvalue weighted by atomic mass is 10.0. The van der Waals surface area contributed by atoms with Crippen LogP contribution in [0.15, 0.2) is 23.8 Å². The summed E-state index contributed by atoms with van der Waals surface area (Å²) in [6.45, 7) is 0.354. The van der Waals surface area contributed by atoms with E-state index in [4.69, 9.17) is 5.73 Å². The molecule has 0 bridgehead atoms. The van der Waals surface area contributed by atoms with Gasteiger partial charge in [0.25, 0.3) is 0 Å². The van der Waals surface area contributed by atoms with Gasteiger partial charge in [-0.15, -0.1) is 0 Å². The van der Waals surface area contributed by atoms with E-state index in [1.165, 1.54) is 12.2 Å². The number of rotatable bonds is 3. The Labute approximate surface area is 80.6 Å². The summed E-state index contributed by atoms with van der Waals surface area (Å²) >= 11 is 0. The highest BCUT2D eigenvalue weighted by Gasteiger charge is 2.12. The van der Waals surface area contributed by atoms with Gasteiger partial charge in [0.1, 0.15) is 0 Å². The van der Waals surface area contributed by atoms with Crippen LogP contribution in [-0.2, 0) is 9.59 Å². The van der Waals surface area contributed by atoms with Crippen molar-refractivity contribution in [2.24, 2.45) is 5.73 Å². The molecule has 74 valence electrons. The summed E-state index contributed by atoms with van der Waals surface area (Å²) in [6, 6.07) is -0.604. The van der Waals surface area contributed by atoms with E-state index in [9.17, 15) is 14.4 Å². The van der Waals surface area contributed by atoms with Crippen molar-refractivity contribution in [3.63, 3.8) is 0 Å². The van der Waals surface area contributed by atoms with Gasteiger partial charge in [0, 0.05) is 6.54 Å². The van der Waals surface area contributed by atoms with Gasteiger partial charge in [-0.3, -0.25) is 9.59 Å². The number of carbonyl (C=O) groups excluding carboxylic acids is 3. The predicted molar refractivity (Wildman–Crippen MR) is 49.4 cm³/mol. The fourth-order valence-electron chi connectivity index (χ4n) is 1.04. The summed E-state index contributed by atoms with van der Waals surface area (Å²) < 4.78 is 0. The summed E-state index contributed by atoms with van der Waals surface area (Å²) in [5, 5.41) is 2.39. The monoisotopic (exact) mass is 194 g/mol. The van der Waals surface area contributed by atoms with E-state index in [1.807, 2.05) is 0 Å². The highest BCUT2D eigenvalue weighted by Crippen LogP contribution is 2.07. The zero-order chi connectivity index (χ0) is 10.6. The molecule has 0 spiro atoms. The van der Waals surface area contributed by atoms with Gasteiger partial charge in [-0.2, -0.15) is 0 Å². The lowest BCUT2D eigenvalue weighted by Gasteiger charge is -2.05. The van der Waals surface area contributed by atoms with E-state index in [-0.39, 0.29) is 0 Å². The standard InChI is InChI=1S/C9H10N2O3/c10-9(14)11-4-3-6-1-2-7(12)8(13)5-6/h1-2,5H,3-4H2,(H3,10,11,14). The second kappa shape index (κ2) is 4.36. The van der Waals surface area contributed by atoms with Crippen molar-refractivity contribution in [3.05, 3.63) is 23.8 Å². The average molecular weight is 194 g/mol. The normalized spacial score (nSPS) is 15.3. The van der Waals surface area contributed by atoms with Crippen molar-refractivity contribution in [2.75, 3.05) is 6.54 Å². The largest absolute Gasteiger partial charge is 0.352 e. The minimum absolute atomic E-state index is 0.354. The van der Waals surface area contributed by atoms with Gasteiger partial charge in [-0.1, -0.05) is 6.08 Å². The summed E-state index contributed by atoms with van der Waals surface area (Å²) in [5.41, 5.74) is 5.56. The Morgan fingerprint density at radius 1 is 1.29 bits per heavy atom. The quantitative estimate of drug-likeness (QED) is 0.476. The van der Waals surface area contributed by atoms with Crippen LogP contribution in [0.2, 0.25) is 0 Å². The van der Waals surface area contributed by atoms with Crippen molar-refractivity contribution in [3.8, 4) is 0 Å². The van der Waals surface area contributed by atoms with Crippen LogP contribution in [0.1, 0.15) is 6.42 Å². The molecule has 0 atom stereocenters. The van der Waals surface area contributed by atoms with Gasteiger partial charge in [-0.05, 0) is 24.1 Å². The minimum Gasteiger partial charge on any atom is -0.352 e. The molecule has 1 aliphatic carbocycles. The molecule has 5 heteroatoms. The number of hydrogen-bond donors (Lipinski definition) is 2. The lowest BCUT2D eigenvalue weighted by molar-refractivity contribution is -0.131.